The SMILES string of the molecule is CCOC(=O)C(C)(CCCCC1(CCCCC(C)(C(=O)OCC)c2ccc(CC(C)C)cc2)SCCCS1)c1ccc(CC(C)C)cc1. The van der Waals surface area contributed by atoms with Gasteiger partial charge >= 0.3 is 11.9 Å². The molecule has 4 nitrogen and oxygen atoms in total. The van der Waals surface area contributed by atoms with Crippen LogP contribution in [0.15, 0.2) is 48.5 Å². The smallest absolute Gasteiger partial charge is 0.316 e. The monoisotopic (exact) mass is 696 g/mol. The Labute approximate surface area is 301 Å². The van der Waals surface area contributed by atoms with E-state index in [9.17, 15) is 9.59 Å². The summed E-state index contributed by atoms with van der Waals surface area (Å²) in [6, 6.07) is 17.3. The summed E-state index contributed by atoms with van der Waals surface area (Å²) in [4.78, 5) is 26.7. The molecule has 0 aliphatic carbocycles. The summed E-state index contributed by atoms with van der Waals surface area (Å²) in [6.45, 7) is 17.7. The number of hydrogen-bond donors (Lipinski definition) is 0. The van der Waals surface area contributed by atoms with E-state index in [4.69, 9.17) is 9.47 Å². The lowest BCUT2D eigenvalue weighted by molar-refractivity contribution is -0.150. The summed E-state index contributed by atoms with van der Waals surface area (Å²) in [7, 11) is 0. The van der Waals surface area contributed by atoms with Gasteiger partial charge in [0.2, 0.25) is 0 Å². The Bertz CT molecular complexity index is 1160. The Morgan fingerprint density at radius 2 is 1.04 bits per heavy atom. The highest BCUT2D eigenvalue weighted by molar-refractivity contribution is 8.18. The fraction of sp³-hybridized carbons (Fsp3) is 0.667. The van der Waals surface area contributed by atoms with Crippen molar-refractivity contribution in [3.8, 4) is 0 Å². The van der Waals surface area contributed by atoms with Crippen molar-refractivity contribution >= 4 is 35.5 Å². The number of carbonyl (C=O) groups is 2. The van der Waals surface area contributed by atoms with Crippen LogP contribution >= 0.6 is 23.5 Å². The molecule has 0 radical (unpaired) electrons. The lowest BCUT2D eigenvalue weighted by atomic mass is 9.77. The van der Waals surface area contributed by atoms with Gasteiger partial charge in [0.05, 0.1) is 28.1 Å². The zero-order valence-electron chi connectivity index (χ0n) is 31.3. The molecule has 0 bridgehead atoms. The molecule has 0 N–H and O–H groups in total. The van der Waals surface area contributed by atoms with Crippen LogP contribution in [0, 0.1) is 11.8 Å². The summed E-state index contributed by atoms with van der Waals surface area (Å²) in [5, 5.41) is 0. The molecule has 0 saturated carbocycles. The molecular weight excluding hydrogens is 633 g/mol. The van der Waals surface area contributed by atoms with Gasteiger partial charge in [-0.25, -0.2) is 0 Å². The highest BCUT2D eigenvalue weighted by Gasteiger charge is 2.39. The Hall–Kier alpha value is -1.92. The van der Waals surface area contributed by atoms with Gasteiger partial charge in [-0.15, -0.1) is 23.5 Å². The molecule has 1 heterocycles. The fourth-order valence-corrected chi connectivity index (χ4v) is 10.5. The van der Waals surface area contributed by atoms with Crippen LogP contribution in [0.3, 0.4) is 0 Å². The van der Waals surface area contributed by atoms with Crippen LogP contribution in [0.5, 0.6) is 0 Å². The molecule has 1 aliphatic rings. The Kier molecular flexibility index (Phi) is 16.4. The Balaban J connectivity index is 1.63. The summed E-state index contributed by atoms with van der Waals surface area (Å²) >= 11 is 4.28. The van der Waals surface area contributed by atoms with Crippen molar-refractivity contribution in [3.63, 3.8) is 0 Å². The Morgan fingerprint density at radius 1 is 0.667 bits per heavy atom. The third-order valence-corrected chi connectivity index (χ3v) is 13.5. The number of thioether (sulfide) groups is 2. The van der Waals surface area contributed by atoms with Crippen LogP contribution in [0.2, 0.25) is 0 Å². The molecule has 0 aromatic heterocycles. The second-order valence-corrected chi connectivity index (χ2v) is 18.3. The predicted octanol–water partition coefficient (Wildman–Crippen LogP) is 11.1. The standard InChI is InChI=1S/C42H64O4S2/c1-9-45-38(43)40(7,36-20-16-34(17-21-36)30-32(3)4)24-11-13-26-42(47-28-15-29-48-42)27-14-12-25-41(8,39(44)46-10-2)37-22-18-35(19-23-37)31-33(5)6/h16-23,32-33H,9-15,24-31H2,1-8H3. The van der Waals surface area contributed by atoms with Crippen molar-refractivity contribution in [1.29, 1.82) is 0 Å². The number of hydrogen-bond acceptors (Lipinski definition) is 6. The normalized spacial score (nSPS) is 17.1. The molecule has 0 spiro atoms. The van der Waals surface area contributed by atoms with Gasteiger partial charge in [0, 0.05) is 0 Å². The van der Waals surface area contributed by atoms with Gasteiger partial charge in [-0.05, 0) is 118 Å². The topological polar surface area (TPSA) is 52.6 Å². The van der Waals surface area contributed by atoms with Crippen molar-refractivity contribution in [1.82, 2.24) is 0 Å². The third-order valence-electron chi connectivity index (χ3n) is 9.91. The van der Waals surface area contributed by atoms with Gasteiger partial charge in [0.1, 0.15) is 0 Å². The maximum atomic E-state index is 13.3. The first-order valence-electron chi connectivity index (χ1n) is 18.7. The first kappa shape index (κ1) is 40.5. The van der Waals surface area contributed by atoms with Crippen molar-refractivity contribution in [3.05, 3.63) is 70.8 Å². The third kappa shape index (κ3) is 11.6. The van der Waals surface area contributed by atoms with Gasteiger partial charge < -0.3 is 9.47 Å². The fourth-order valence-electron chi connectivity index (χ4n) is 7.05. The van der Waals surface area contributed by atoms with Crippen LogP contribution in [-0.2, 0) is 42.7 Å². The van der Waals surface area contributed by atoms with Gasteiger partial charge in [-0.3, -0.25) is 9.59 Å². The van der Waals surface area contributed by atoms with Gasteiger partial charge in [0.15, 0.2) is 0 Å². The lowest BCUT2D eigenvalue weighted by Gasteiger charge is -2.37. The number of ether oxygens (including phenoxy) is 2. The van der Waals surface area contributed by atoms with Crippen LogP contribution in [0.25, 0.3) is 0 Å². The summed E-state index contributed by atoms with van der Waals surface area (Å²) < 4.78 is 11.4. The van der Waals surface area contributed by atoms with Crippen LogP contribution in [0.1, 0.15) is 135 Å². The average molecular weight is 697 g/mol. The van der Waals surface area contributed by atoms with Crippen molar-refractivity contribution < 1.29 is 19.1 Å². The Morgan fingerprint density at radius 3 is 1.38 bits per heavy atom. The van der Waals surface area contributed by atoms with E-state index in [0.717, 1.165) is 75.3 Å². The highest BCUT2D eigenvalue weighted by Crippen LogP contribution is 2.50. The van der Waals surface area contributed by atoms with Crippen LogP contribution < -0.4 is 0 Å². The number of benzene rings is 2. The quantitative estimate of drug-likeness (QED) is 0.101. The largest absolute Gasteiger partial charge is 0.465 e. The van der Waals surface area contributed by atoms with Gasteiger partial charge in [-0.2, -0.15) is 0 Å². The van der Waals surface area contributed by atoms with Crippen molar-refractivity contribution in [2.45, 2.75) is 141 Å². The van der Waals surface area contributed by atoms with E-state index in [2.05, 4.69) is 114 Å². The number of carbonyl (C=O) groups excluding carboxylic acids is 2. The molecule has 2 atom stereocenters. The van der Waals surface area contributed by atoms with E-state index in [1.807, 2.05) is 13.8 Å². The first-order valence-corrected chi connectivity index (χ1v) is 20.7. The predicted molar refractivity (Wildman–Crippen MR) is 207 cm³/mol. The second-order valence-electron chi connectivity index (χ2n) is 15.1. The van der Waals surface area contributed by atoms with E-state index in [1.165, 1.54) is 29.1 Å². The molecule has 1 fully saturated rings. The zero-order valence-corrected chi connectivity index (χ0v) is 33.0. The van der Waals surface area contributed by atoms with Gasteiger partial charge in [0.25, 0.3) is 0 Å². The molecule has 2 unspecified atom stereocenters. The second kappa shape index (κ2) is 19.5. The summed E-state index contributed by atoms with van der Waals surface area (Å²) in [5.41, 5.74) is 3.46. The minimum absolute atomic E-state index is 0.114. The molecule has 2 aromatic rings. The zero-order chi connectivity index (χ0) is 35.2. The van der Waals surface area contributed by atoms with E-state index in [1.54, 1.807) is 0 Å². The van der Waals surface area contributed by atoms with Crippen molar-refractivity contribution in [2.24, 2.45) is 11.8 Å². The maximum Gasteiger partial charge on any atom is 0.316 e. The minimum atomic E-state index is -0.642. The van der Waals surface area contributed by atoms with Crippen LogP contribution in [0.4, 0.5) is 0 Å². The molecule has 0 amide bonds. The summed E-state index contributed by atoms with van der Waals surface area (Å²) in [6.07, 6.45) is 11.3. The van der Waals surface area contributed by atoms with E-state index in [-0.39, 0.29) is 16.0 Å². The molecule has 48 heavy (non-hydrogen) atoms. The minimum Gasteiger partial charge on any atom is -0.465 e. The highest BCUT2D eigenvalue weighted by atomic mass is 32.2. The summed E-state index contributed by atoms with van der Waals surface area (Å²) in [5.74, 6) is 3.39. The van der Waals surface area contributed by atoms with E-state index < -0.39 is 10.8 Å². The van der Waals surface area contributed by atoms with E-state index in [0.29, 0.717) is 25.0 Å². The van der Waals surface area contributed by atoms with Gasteiger partial charge in [-0.1, -0.05) is 102 Å². The average Bonchev–Trinajstić information content (AvgIpc) is 3.06. The molecule has 268 valence electrons. The number of rotatable bonds is 20. The molecule has 1 aliphatic heterocycles. The van der Waals surface area contributed by atoms with Crippen LogP contribution in [-0.4, -0.2) is 40.7 Å². The lowest BCUT2D eigenvalue weighted by Crippen LogP contribution is -2.35. The first-order chi connectivity index (χ1) is 22.9. The van der Waals surface area contributed by atoms with Crippen molar-refractivity contribution in [2.75, 3.05) is 24.7 Å². The molecule has 3 rings (SSSR count). The van der Waals surface area contributed by atoms with E-state index >= 15 is 0 Å². The molecule has 2 aromatic carbocycles. The number of unbranched alkanes of at least 4 members (excludes halogenated alkanes) is 2. The number of esters is 2. The molecule has 6 heteroatoms. The maximum absolute atomic E-state index is 13.3. The molecular formula is C42H64O4S2. The molecule has 1 saturated heterocycles.